The number of hydrogen-bond donors (Lipinski definition) is 2. The summed E-state index contributed by atoms with van der Waals surface area (Å²) in [5, 5.41) is 12.4. The minimum atomic E-state index is 0.140. The summed E-state index contributed by atoms with van der Waals surface area (Å²) in [6, 6.07) is 0.682. The number of aliphatic hydroxyl groups excluding tert-OH is 1. The largest absolute Gasteiger partial charge is 0.394 e. The first-order chi connectivity index (χ1) is 10.0. The summed E-state index contributed by atoms with van der Waals surface area (Å²) >= 11 is 0. The van der Waals surface area contributed by atoms with E-state index in [-0.39, 0.29) is 6.61 Å². The minimum absolute atomic E-state index is 0.140. The van der Waals surface area contributed by atoms with E-state index in [1.807, 2.05) is 0 Å². The lowest BCUT2D eigenvalue weighted by atomic mass is 9.69. The Morgan fingerprint density at radius 2 is 1.95 bits per heavy atom. The first kappa shape index (κ1) is 17.2. The van der Waals surface area contributed by atoms with Gasteiger partial charge in [0.1, 0.15) is 0 Å². The summed E-state index contributed by atoms with van der Waals surface area (Å²) in [6.07, 6.45) is 6.56. The van der Waals surface area contributed by atoms with Gasteiger partial charge in [0.15, 0.2) is 0 Å². The van der Waals surface area contributed by atoms with Crippen LogP contribution in [0.3, 0.4) is 0 Å². The van der Waals surface area contributed by atoms with Crippen LogP contribution in [0.4, 0.5) is 0 Å². The Kier molecular flexibility index (Phi) is 6.48. The van der Waals surface area contributed by atoms with Gasteiger partial charge in [0.2, 0.25) is 0 Å². The molecule has 0 aromatic rings. The Labute approximate surface area is 130 Å². The number of ether oxygens (including phenoxy) is 1. The number of nitrogens with zero attached hydrogens (tertiary/aromatic N) is 1. The molecule has 1 aliphatic heterocycles. The van der Waals surface area contributed by atoms with Crippen molar-refractivity contribution in [3.8, 4) is 0 Å². The van der Waals surface area contributed by atoms with Gasteiger partial charge in [-0.2, -0.15) is 0 Å². The molecule has 0 radical (unpaired) electrons. The Balaban J connectivity index is 1.78. The van der Waals surface area contributed by atoms with Gasteiger partial charge in [-0.1, -0.05) is 13.8 Å². The molecule has 2 fully saturated rings. The quantitative estimate of drug-likeness (QED) is 0.786. The van der Waals surface area contributed by atoms with Crippen molar-refractivity contribution < 1.29 is 9.84 Å². The second kappa shape index (κ2) is 7.91. The highest BCUT2D eigenvalue weighted by atomic mass is 16.5. The zero-order chi connectivity index (χ0) is 15.3. The maximum absolute atomic E-state index is 8.83. The molecule has 1 aliphatic carbocycles. The molecule has 2 unspecified atom stereocenters. The van der Waals surface area contributed by atoms with Crippen LogP contribution in [0.25, 0.3) is 0 Å². The van der Waals surface area contributed by atoms with E-state index < -0.39 is 0 Å². The van der Waals surface area contributed by atoms with Gasteiger partial charge in [-0.3, -0.25) is 0 Å². The van der Waals surface area contributed by atoms with Gasteiger partial charge in [-0.05, 0) is 50.5 Å². The molecule has 4 nitrogen and oxygen atoms in total. The van der Waals surface area contributed by atoms with E-state index in [0.29, 0.717) is 24.2 Å². The lowest BCUT2D eigenvalue weighted by Gasteiger charge is -2.43. The maximum atomic E-state index is 8.83. The van der Waals surface area contributed by atoms with Gasteiger partial charge in [0.25, 0.3) is 0 Å². The fourth-order valence-electron chi connectivity index (χ4n) is 4.12. The van der Waals surface area contributed by atoms with Gasteiger partial charge in [-0.25, -0.2) is 0 Å². The molecule has 2 N–H and O–H groups in total. The predicted molar refractivity (Wildman–Crippen MR) is 86.5 cm³/mol. The van der Waals surface area contributed by atoms with Crippen molar-refractivity contribution in [1.82, 2.24) is 10.2 Å². The number of likely N-dealkylation sites (tertiary alicyclic amines) is 1. The van der Waals surface area contributed by atoms with Gasteiger partial charge in [0, 0.05) is 25.7 Å². The van der Waals surface area contributed by atoms with Crippen molar-refractivity contribution in [3.63, 3.8) is 0 Å². The first-order valence-corrected chi connectivity index (χ1v) is 8.66. The Bertz CT molecular complexity index is 301. The predicted octanol–water partition coefficient (Wildman–Crippen LogP) is 1.87. The lowest BCUT2D eigenvalue weighted by molar-refractivity contribution is -0.0139. The second-order valence-corrected chi connectivity index (χ2v) is 7.66. The smallest absolute Gasteiger partial charge is 0.0701 e. The molecule has 1 heterocycles. The molecule has 124 valence electrons. The summed E-state index contributed by atoms with van der Waals surface area (Å²) in [7, 11) is 2.12. The number of rotatable bonds is 6. The summed E-state index contributed by atoms with van der Waals surface area (Å²) in [4.78, 5) is 2.62. The molecule has 0 amide bonds. The van der Waals surface area contributed by atoms with Crippen LogP contribution in [0, 0.1) is 11.3 Å². The number of nitrogens with one attached hydrogen (secondary N) is 1. The van der Waals surface area contributed by atoms with E-state index in [4.69, 9.17) is 9.84 Å². The molecule has 0 bridgehead atoms. The van der Waals surface area contributed by atoms with E-state index >= 15 is 0 Å². The zero-order valence-electron chi connectivity index (χ0n) is 14.1. The normalized spacial score (nSPS) is 31.4. The SMILES string of the molecule is CNC1CCC(C)(C)CC1CN1CCC(OCCO)CC1. The highest BCUT2D eigenvalue weighted by Gasteiger charge is 2.35. The molecular formula is C17H34N2O2. The highest BCUT2D eigenvalue weighted by molar-refractivity contribution is 4.90. The fourth-order valence-corrected chi connectivity index (χ4v) is 4.12. The topological polar surface area (TPSA) is 44.7 Å². The van der Waals surface area contributed by atoms with Crippen LogP contribution in [0.1, 0.15) is 46.0 Å². The Morgan fingerprint density at radius 3 is 2.57 bits per heavy atom. The van der Waals surface area contributed by atoms with Crippen molar-refractivity contribution >= 4 is 0 Å². The monoisotopic (exact) mass is 298 g/mol. The van der Waals surface area contributed by atoms with Gasteiger partial charge in [-0.15, -0.1) is 0 Å². The molecule has 0 aromatic heterocycles. The molecular weight excluding hydrogens is 264 g/mol. The standard InChI is InChI=1S/C17H34N2O2/c1-17(2)7-4-16(18-3)14(12-17)13-19-8-5-15(6-9-19)21-11-10-20/h14-16,18,20H,4-13H2,1-3H3. The molecule has 2 aliphatic rings. The van der Waals surface area contributed by atoms with Crippen LogP contribution in [0.5, 0.6) is 0 Å². The van der Waals surface area contributed by atoms with Crippen molar-refractivity contribution in [1.29, 1.82) is 0 Å². The van der Waals surface area contributed by atoms with Crippen molar-refractivity contribution in [2.24, 2.45) is 11.3 Å². The molecule has 2 atom stereocenters. The number of piperidine rings is 1. The average molecular weight is 298 g/mol. The summed E-state index contributed by atoms with van der Waals surface area (Å²) in [5.74, 6) is 0.772. The number of aliphatic hydroxyl groups is 1. The van der Waals surface area contributed by atoms with Crippen LogP contribution >= 0.6 is 0 Å². The van der Waals surface area contributed by atoms with Crippen molar-refractivity contribution in [2.45, 2.75) is 58.1 Å². The van der Waals surface area contributed by atoms with E-state index in [1.165, 1.54) is 25.8 Å². The van der Waals surface area contributed by atoms with Crippen LogP contribution in [0.15, 0.2) is 0 Å². The molecule has 4 heteroatoms. The van der Waals surface area contributed by atoms with Crippen LogP contribution in [-0.2, 0) is 4.74 Å². The Morgan fingerprint density at radius 1 is 1.24 bits per heavy atom. The summed E-state index contributed by atoms with van der Waals surface area (Å²) in [6.45, 7) is 8.97. The molecule has 21 heavy (non-hydrogen) atoms. The third kappa shape index (κ3) is 5.20. The second-order valence-electron chi connectivity index (χ2n) is 7.66. The van der Waals surface area contributed by atoms with Crippen molar-refractivity contribution in [3.05, 3.63) is 0 Å². The lowest BCUT2D eigenvalue weighted by Crippen LogP contribution is -2.48. The first-order valence-electron chi connectivity index (χ1n) is 8.66. The summed E-state index contributed by atoms with van der Waals surface area (Å²) in [5.41, 5.74) is 0.501. The van der Waals surface area contributed by atoms with E-state index in [9.17, 15) is 0 Å². The van der Waals surface area contributed by atoms with E-state index in [1.54, 1.807) is 0 Å². The Hall–Kier alpha value is -0.160. The molecule has 0 spiro atoms. The molecule has 2 rings (SSSR count). The molecule has 0 aromatic carbocycles. The van der Waals surface area contributed by atoms with Crippen molar-refractivity contribution in [2.75, 3.05) is 39.9 Å². The summed E-state index contributed by atoms with van der Waals surface area (Å²) < 4.78 is 5.66. The zero-order valence-corrected chi connectivity index (χ0v) is 14.1. The third-order valence-electron chi connectivity index (χ3n) is 5.36. The van der Waals surface area contributed by atoms with Crippen LogP contribution < -0.4 is 5.32 Å². The van der Waals surface area contributed by atoms with Gasteiger partial charge < -0.3 is 20.1 Å². The van der Waals surface area contributed by atoms with Gasteiger partial charge >= 0.3 is 0 Å². The molecule has 1 saturated heterocycles. The fraction of sp³-hybridized carbons (Fsp3) is 1.00. The third-order valence-corrected chi connectivity index (χ3v) is 5.36. The number of hydrogen-bond acceptors (Lipinski definition) is 4. The maximum Gasteiger partial charge on any atom is 0.0701 e. The van der Waals surface area contributed by atoms with E-state index in [2.05, 4.69) is 31.1 Å². The van der Waals surface area contributed by atoms with E-state index in [0.717, 1.165) is 31.8 Å². The van der Waals surface area contributed by atoms with Crippen LogP contribution in [-0.4, -0.2) is 62.0 Å². The minimum Gasteiger partial charge on any atom is -0.394 e. The van der Waals surface area contributed by atoms with Crippen LogP contribution in [0.2, 0.25) is 0 Å². The van der Waals surface area contributed by atoms with Gasteiger partial charge in [0.05, 0.1) is 19.3 Å². The molecule has 1 saturated carbocycles. The highest BCUT2D eigenvalue weighted by Crippen LogP contribution is 2.39. The average Bonchev–Trinajstić information content (AvgIpc) is 2.46.